The van der Waals surface area contributed by atoms with Gasteiger partial charge in [0.15, 0.2) is 0 Å². The zero-order valence-electron chi connectivity index (χ0n) is 10.9. The van der Waals surface area contributed by atoms with Crippen LogP contribution in [0.4, 0.5) is 5.69 Å². The molecule has 0 spiro atoms. The molecule has 0 bridgehead atoms. The molecule has 7 nitrogen and oxygen atoms in total. The number of nitro benzene ring substituents is 1. The molecule has 7 heteroatoms. The Morgan fingerprint density at radius 2 is 1.74 bits per heavy atom. The van der Waals surface area contributed by atoms with E-state index in [4.69, 9.17) is 0 Å². The van der Waals surface area contributed by atoms with Crippen molar-refractivity contribution in [3.63, 3.8) is 0 Å². The van der Waals surface area contributed by atoms with Crippen molar-refractivity contribution in [1.82, 2.24) is 10.9 Å². The summed E-state index contributed by atoms with van der Waals surface area (Å²) in [5, 5.41) is 10.8. The second-order valence-corrected chi connectivity index (χ2v) is 4.93. The average Bonchev–Trinajstić information content (AvgIpc) is 2.34. The summed E-state index contributed by atoms with van der Waals surface area (Å²) in [7, 11) is 0. The normalized spacial score (nSPS) is 10.7. The van der Waals surface area contributed by atoms with Gasteiger partial charge >= 0.3 is 0 Å². The quantitative estimate of drug-likeness (QED) is 0.623. The van der Waals surface area contributed by atoms with Crippen LogP contribution in [0, 0.1) is 15.5 Å². The van der Waals surface area contributed by atoms with Gasteiger partial charge in [0.1, 0.15) is 5.56 Å². The van der Waals surface area contributed by atoms with Crippen molar-refractivity contribution in [2.45, 2.75) is 20.8 Å². The highest BCUT2D eigenvalue weighted by molar-refractivity contribution is 5.99. The summed E-state index contributed by atoms with van der Waals surface area (Å²) in [6, 6.07) is 5.51. The third-order valence-corrected chi connectivity index (χ3v) is 2.32. The van der Waals surface area contributed by atoms with Gasteiger partial charge in [-0.1, -0.05) is 32.9 Å². The highest BCUT2D eigenvalue weighted by Gasteiger charge is 2.23. The monoisotopic (exact) mass is 265 g/mol. The van der Waals surface area contributed by atoms with Gasteiger partial charge < -0.3 is 0 Å². The predicted molar refractivity (Wildman–Crippen MR) is 68.2 cm³/mol. The summed E-state index contributed by atoms with van der Waals surface area (Å²) in [5.74, 6) is -1.12. The lowest BCUT2D eigenvalue weighted by molar-refractivity contribution is -0.385. The molecule has 0 heterocycles. The number of nitrogens with one attached hydrogen (secondary N) is 2. The van der Waals surface area contributed by atoms with Crippen LogP contribution < -0.4 is 10.9 Å². The Morgan fingerprint density at radius 3 is 2.26 bits per heavy atom. The van der Waals surface area contributed by atoms with Crippen molar-refractivity contribution in [3.05, 3.63) is 39.9 Å². The smallest absolute Gasteiger partial charge is 0.273 e. The van der Waals surface area contributed by atoms with Gasteiger partial charge in [0.2, 0.25) is 5.91 Å². The Labute approximate surface area is 110 Å². The molecule has 0 aliphatic carbocycles. The van der Waals surface area contributed by atoms with Crippen molar-refractivity contribution in [2.75, 3.05) is 0 Å². The number of hydrogen-bond donors (Lipinski definition) is 2. The molecule has 0 aromatic heterocycles. The second kappa shape index (κ2) is 5.47. The minimum atomic E-state index is -0.732. The molecule has 0 radical (unpaired) electrons. The van der Waals surface area contributed by atoms with E-state index < -0.39 is 16.2 Å². The molecule has 0 atom stereocenters. The van der Waals surface area contributed by atoms with Gasteiger partial charge in [-0.3, -0.25) is 30.6 Å². The first kappa shape index (κ1) is 14.6. The van der Waals surface area contributed by atoms with E-state index in [0.717, 1.165) is 0 Å². The molecule has 19 heavy (non-hydrogen) atoms. The van der Waals surface area contributed by atoms with E-state index in [2.05, 4.69) is 10.9 Å². The third-order valence-electron chi connectivity index (χ3n) is 2.32. The summed E-state index contributed by atoms with van der Waals surface area (Å²) >= 11 is 0. The van der Waals surface area contributed by atoms with Gasteiger partial charge in [-0.2, -0.15) is 0 Å². The molecule has 0 aliphatic rings. The topological polar surface area (TPSA) is 101 Å². The fourth-order valence-corrected chi connectivity index (χ4v) is 1.19. The Balaban J connectivity index is 2.80. The minimum absolute atomic E-state index is 0.110. The van der Waals surface area contributed by atoms with E-state index in [9.17, 15) is 19.7 Å². The zero-order chi connectivity index (χ0) is 14.6. The molecule has 0 saturated heterocycles. The van der Waals surface area contributed by atoms with Crippen molar-refractivity contribution >= 4 is 17.5 Å². The van der Waals surface area contributed by atoms with Crippen LogP contribution in [0.15, 0.2) is 24.3 Å². The summed E-state index contributed by atoms with van der Waals surface area (Å²) < 4.78 is 0. The fraction of sp³-hybridized carbons (Fsp3) is 0.333. The van der Waals surface area contributed by atoms with E-state index in [1.165, 1.54) is 24.3 Å². The van der Waals surface area contributed by atoms with Crippen molar-refractivity contribution < 1.29 is 14.5 Å². The van der Waals surface area contributed by atoms with E-state index in [-0.39, 0.29) is 17.2 Å². The van der Waals surface area contributed by atoms with Crippen molar-refractivity contribution in [1.29, 1.82) is 0 Å². The van der Waals surface area contributed by atoms with Crippen LogP contribution in [0.2, 0.25) is 0 Å². The highest BCUT2D eigenvalue weighted by Crippen LogP contribution is 2.17. The first-order valence-corrected chi connectivity index (χ1v) is 5.57. The molecular formula is C12H15N3O4. The maximum Gasteiger partial charge on any atom is 0.282 e. The fourth-order valence-electron chi connectivity index (χ4n) is 1.19. The number of carbonyl (C=O) groups excluding carboxylic acids is 2. The van der Waals surface area contributed by atoms with Gasteiger partial charge in [-0.05, 0) is 6.07 Å². The van der Waals surface area contributed by atoms with Crippen LogP contribution in [-0.4, -0.2) is 16.7 Å². The van der Waals surface area contributed by atoms with Crippen LogP contribution >= 0.6 is 0 Å². The Hall–Kier alpha value is -2.44. The number of carbonyl (C=O) groups is 2. The first-order chi connectivity index (χ1) is 8.73. The number of nitro groups is 1. The Bertz CT molecular complexity index is 520. The van der Waals surface area contributed by atoms with Gasteiger partial charge in [0.25, 0.3) is 11.6 Å². The SMILES string of the molecule is CC(C)(C)C(=O)NNC(=O)c1ccccc1[N+](=O)[O-]. The summed E-state index contributed by atoms with van der Waals surface area (Å²) in [4.78, 5) is 33.4. The van der Waals surface area contributed by atoms with Gasteiger partial charge in [-0.15, -0.1) is 0 Å². The maximum atomic E-state index is 11.8. The van der Waals surface area contributed by atoms with Crippen LogP contribution in [0.1, 0.15) is 31.1 Å². The van der Waals surface area contributed by atoms with Crippen LogP contribution in [-0.2, 0) is 4.79 Å². The van der Waals surface area contributed by atoms with Crippen LogP contribution in [0.25, 0.3) is 0 Å². The Morgan fingerprint density at radius 1 is 1.16 bits per heavy atom. The van der Waals surface area contributed by atoms with E-state index in [1.54, 1.807) is 20.8 Å². The lowest BCUT2D eigenvalue weighted by Crippen LogP contribution is -2.46. The average molecular weight is 265 g/mol. The largest absolute Gasteiger partial charge is 0.282 e. The number of amides is 2. The summed E-state index contributed by atoms with van der Waals surface area (Å²) in [6.45, 7) is 5.04. The first-order valence-electron chi connectivity index (χ1n) is 5.57. The molecule has 0 fully saturated rings. The Kier molecular flexibility index (Phi) is 4.21. The van der Waals surface area contributed by atoms with Gasteiger partial charge in [0, 0.05) is 11.5 Å². The number of hydrogen-bond acceptors (Lipinski definition) is 4. The molecule has 2 N–H and O–H groups in total. The number of rotatable bonds is 2. The molecule has 1 aromatic rings. The molecule has 102 valence electrons. The standard InChI is InChI=1S/C12H15N3O4/c1-12(2,3)11(17)14-13-10(16)8-6-4-5-7-9(8)15(18)19/h4-7H,1-3H3,(H,13,16)(H,14,17). The lowest BCUT2D eigenvalue weighted by Gasteiger charge is -2.17. The maximum absolute atomic E-state index is 11.8. The van der Waals surface area contributed by atoms with Crippen molar-refractivity contribution in [3.8, 4) is 0 Å². The molecule has 2 amide bonds. The van der Waals surface area contributed by atoms with Gasteiger partial charge in [-0.25, -0.2) is 0 Å². The number of benzene rings is 1. The third kappa shape index (κ3) is 3.77. The molecule has 0 aliphatic heterocycles. The van der Waals surface area contributed by atoms with E-state index >= 15 is 0 Å². The number of para-hydroxylation sites is 1. The minimum Gasteiger partial charge on any atom is -0.273 e. The predicted octanol–water partition coefficient (Wildman–Crippen LogP) is 1.40. The molecule has 0 unspecified atom stereocenters. The molecule has 1 rings (SSSR count). The molecule has 0 saturated carbocycles. The van der Waals surface area contributed by atoms with E-state index in [1.807, 2.05) is 0 Å². The van der Waals surface area contributed by atoms with Crippen LogP contribution in [0.3, 0.4) is 0 Å². The zero-order valence-corrected chi connectivity index (χ0v) is 10.9. The summed E-state index contributed by atoms with van der Waals surface area (Å²) in [6.07, 6.45) is 0. The van der Waals surface area contributed by atoms with Crippen molar-refractivity contribution in [2.24, 2.45) is 5.41 Å². The molecule has 1 aromatic carbocycles. The summed E-state index contributed by atoms with van der Waals surface area (Å²) in [5.41, 5.74) is 3.29. The number of nitrogens with zero attached hydrogens (tertiary/aromatic N) is 1. The van der Waals surface area contributed by atoms with Crippen LogP contribution in [0.5, 0.6) is 0 Å². The molecular weight excluding hydrogens is 250 g/mol. The number of hydrazine groups is 1. The van der Waals surface area contributed by atoms with Gasteiger partial charge in [0.05, 0.1) is 4.92 Å². The second-order valence-electron chi connectivity index (χ2n) is 4.93. The lowest BCUT2D eigenvalue weighted by atomic mass is 9.96. The van der Waals surface area contributed by atoms with E-state index in [0.29, 0.717) is 0 Å². The highest BCUT2D eigenvalue weighted by atomic mass is 16.6.